The van der Waals surface area contributed by atoms with Gasteiger partial charge in [0, 0.05) is 17.2 Å². The minimum atomic E-state index is -0.539. The third-order valence-corrected chi connectivity index (χ3v) is 5.08. The van der Waals surface area contributed by atoms with Gasteiger partial charge in [-0.15, -0.1) is 0 Å². The molecule has 0 radical (unpaired) electrons. The molecule has 8 nitrogen and oxygen atoms in total. The Labute approximate surface area is 226 Å². The average molecular weight is 529 g/mol. The molecular weight excluding hydrogens is 500 g/mol. The fourth-order valence-electron chi connectivity index (χ4n) is 3.00. The summed E-state index contributed by atoms with van der Waals surface area (Å²) in [6.45, 7) is 9.67. The van der Waals surface area contributed by atoms with E-state index in [4.69, 9.17) is 23.7 Å². The molecule has 39 heavy (non-hydrogen) atoms. The molecule has 0 aliphatic heterocycles. The Kier molecular flexibility index (Phi) is 10.2. The number of hydrogen-bond donors (Lipinski definition) is 0. The predicted octanol–water partition coefficient (Wildman–Crippen LogP) is 5.88. The summed E-state index contributed by atoms with van der Waals surface area (Å²) in [5, 5.41) is 0. The summed E-state index contributed by atoms with van der Waals surface area (Å²) in [4.78, 5) is 34.9. The average Bonchev–Trinajstić information content (AvgIpc) is 2.93. The Balaban J connectivity index is 1.46. The highest BCUT2D eigenvalue weighted by Gasteiger charge is 2.06. The SMILES string of the molecule is C=C(C)C(=O)OCOc1ccc(OC(=O)/C=C/c2ccc(-c3ccc(OCOC(=O)C(=C)C)cc3)cc2)cc1. The summed E-state index contributed by atoms with van der Waals surface area (Å²) < 4.78 is 25.8. The van der Waals surface area contributed by atoms with Crippen LogP contribution in [0.5, 0.6) is 17.2 Å². The van der Waals surface area contributed by atoms with E-state index in [1.54, 1.807) is 56.3 Å². The van der Waals surface area contributed by atoms with Crippen LogP contribution in [0.15, 0.2) is 103 Å². The van der Waals surface area contributed by atoms with Crippen molar-refractivity contribution in [3.63, 3.8) is 0 Å². The summed E-state index contributed by atoms with van der Waals surface area (Å²) in [6, 6.07) is 21.3. The Hall–Kier alpha value is -5.11. The lowest BCUT2D eigenvalue weighted by Crippen LogP contribution is -2.10. The van der Waals surface area contributed by atoms with Crippen LogP contribution in [0.25, 0.3) is 17.2 Å². The van der Waals surface area contributed by atoms with Crippen molar-refractivity contribution in [2.75, 3.05) is 13.6 Å². The van der Waals surface area contributed by atoms with E-state index in [1.807, 2.05) is 36.4 Å². The van der Waals surface area contributed by atoms with Gasteiger partial charge in [-0.2, -0.15) is 0 Å². The molecule has 0 aliphatic rings. The van der Waals surface area contributed by atoms with Gasteiger partial charge < -0.3 is 23.7 Å². The molecule has 0 atom stereocenters. The molecule has 0 bridgehead atoms. The quantitative estimate of drug-likeness (QED) is 0.124. The van der Waals surface area contributed by atoms with Crippen LogP contribution < -0.4 is 14.2 Å². The largest absolute Gasteiger partial charge is 0.457 e. The molecule has 0 N–H and O–H groups in total. The van der Waals surface area contributed by atoms with Crippen molar-refractivity contribution in [1.82, 2.24) is 0 Å². The Morgan fingerprint density at radius 1 is 0.641 bits per heavy atom. The van der Waals surface area contributed by atoms with Gasteiger partial charge in [-0.1, -0.05) is 49.6 Å². The van der Waals surface area contributed by atoms with E-state index in [0.717, 1.165) is 16.7 Å². The monoisotopic (exact) mass is 528 g/mol. The molecule has 0 amide bonds. The molecule has 200 valence electrons. The minimum Gasteiger partial charge on any atom is -0.457 e. The van der Waals surface area contributed by atoms with Crippen LogP contribution >= 0.6 is 0 Å². The van der Waals surface area contributed by atoms with Crippen molar-refractivity contribution >= 4 is 24.0 Å². The number of rotatable bonds is 12. The van der Waals surface area contributed by atoms with Crippen molar-refractivity contribution in [1.29, 1.82) is 0 Å². The second-order valence-electron chi connectivity index (χ2n) is 8.32. The van der Waals surface area contributed by atoms with E-state index >= 15 is 0 Å². The van der Waals surface area contributed by atoms with Crippen LogP contribution in [0.4, 0.5) is 0 Å². The Bertz CT molecular complexity index is 1350. The zero-order valence-electron chi connectivity index (χ0n) is 21.7. The van der Waals surface area contributed by atoms with E-state index < -0.39 is 17.9 Å². The van der Waals surface area contributed by atoms with Crippen molar-refractivity contribution in [3.8, 4) is 28.4 Å². The van der Waals surface area contributed by atoms with Crippen molar-refractivity contribution in [3.05, 3.63) is 109 Å². The molecule has 3 aromatic rings. The van der Waals surface area contributed by atoms with E-state index in [1.165, 1.54) is 6.08 Å². The molecule has 0 fully saturated rings. The molecule has 3 rings (SSSR count). The van der Waals surface area contributed by atoms with E-state index in [9.17, 15) is 14.4 Å². The number of benzene rings is 3. The highest BCUT2D eigenvalue weighted by molar-refractivity contribution is 5.89. The third-order valence-electron chi connectivity index (χ3n) is 5.08. The molecular formula is C31H28O8. The van der Waals surface area contributed by atoms with Gasteiger partial charge >= 0.3 is 17.9 Å². The molecule has 8 heteroatoms. The third kappa shape index (κ3) is 9.36. The molecule has 0 spiro atoms. The van der Waals surface area contributed by atoms with Gasteiger partial charge in [-0.25, -0.2) is 14.4 Å². The summed E-state index contributed by atoms with van der Waals surface area (Å²) >= 11 is 0. The van der Waals surface area contributed by atoms with Gasteiger partial charge in [0.25, 0.3) is 0 Å². The molecule has 0 saturated heterocycles. The summed E-state index contributed by atoms with van der Waals surface area (Å²) in [6.07, 6.45) is 2.99. The maximum atomic E-state index is 12.2. The zero-order chi connectivity index (χ0) is 28.2. The molecule has 0 heterocycles. The van der Waals surface area contributed by atoms with Crippen LogP contribution in [-0.2, 0) is 23.9 Å². The smallest absolute Gasteiger partial charge is 0.336 e. The summed E-state index contributed by atoms with van der Waals surface area (Å²) in [5.41, 5.74) is 3.36. The number of hydrogen-bond acceptors (Lipinski definition) is 8. The number of esters is 3. The number of carbonyl (C=O) groups is 3. The van der Waals surface area contributed by atoms with Gasteiger partial charge in [0.15, 0.2) is 0 Å². The summed E-state index contributed by atoms with van der Waals surface area (Å²) in [5.74, 6) is -0.220. The number of carbonyl (C=O) groups excluding carboxylic acids is 3. The molecule has 0 aliphatic carbocycles. The van der Waals surface area contributed by atoms with Crippen molar-refractivity contribution in [2.45, 2.75) is 13.8 Å². The van der Waals surface area contributed by atoms with Crippen molar-refractivity contribution in [2.24, 2.45) is 0 Å². The predicted molar refractivity (Wildman–Crippen MR) is 146 cm³/mol. The molecule has 3 aromatic carbocycles. The van der Waals surface area contributed by atoms with Crippen LogP contribution in [-0.4, -0.2) is 31.5 Å². The van der Waals surface area contributed by atoms with Crippen LogP contribution in [0.2, 0.25) is 0 Å². The standard InChI is InChI=1S/C31H28O8/c1-21(2)30(33)37-19-35-26-12-10-25(11-13-26)24-8-5-23(6-9-24)7-18-29(32)39-28-16-14-27(15-17-28)36-20-38-31(34)22(3)4/h5-18H,1,3,19-20H2,2,4H3/b18-7+. The van der Waals surface area contributed by atoms with Gasteiger partial charge in [-0.3, -0.25) is 0 Å². The maximum Gasteiger partial charge on any atom is 0.336 e. The lowest BCUT2D eigenvalue weighted by molar-refractivity contribution is -0.146. The Morgan fingerprint density at radius 2 is 1.05 bits per heavy atom. The van der Waals surface area contributed by atoms with Gasteiger partial charge in [0.2, 0.25) is 13.6 Å². The van der Waals surface area contributed by atoms with Crippen LogP contribution in [0.1, 0.15) is 19.4 Å². The van der Waals surface area contributed by atoms with E-state index in [0.29, 0.717) is 22.8 Å². The zero-order valence-corrected chi connectivity index (χ0v) is 21.7. The van der Waals surface area contributed by atoms with Gasteiger partial charge in [0.1, 0.15) is 17.2 Å². The fourth-order valence-corrected chi connectivity index (χ4v) is 3.00. The topological polar surface area (TPSA) is 97.4 Å². The fraction of sp³-hybridized carbons (Fsp3) is 0.129. The van der Waals surface area contributed by atoms with Crippen LogP contribution in [0, 0.1) is 0 Å². The lowest BCUT2D eigenvalue weighted by Gasteiger charge is -2.08. The molecule has 0 aromatic heterocycles. The first-order valence-corrected chi connectivity index (χ1v) is 11.8. The van der Waals surface area contributed by atoms with E-state index in [-0.39, 0.29) is 19.2 Å². The minimum absolute atomic E-state index is 0.191. The first-order chi connectivity index (χ1) is 18.7. The molecule has 0 saturated carbocycles. The second-order valence-corrected chi connectivity index (χ2v) is 8.32. The Morgan fingerprint density at radius 3 is 1.51 bits per heavy atom. The van der Waals surface area contributed by atoms with Gasteiger partial charge in [0.05, 0.1) is 0 Å². The van der Waals surface area contributed by atoms with Crippen LogP contribution in [0.3, 0.4) is 0 Å². The highest BCUT2D eigenvalue weighted by atomic mass is 16.7. The normalized spacial score (nSPS) is 10.4. The van der Waals surface area contributed by atoms with E-state index in [2.05, 4.69) is 13.2 Å². The summed E-state index contributed by atoms with van der Waals surface area (Å²) in [7, 11) is 0. The number of ether oxygens (including phenoxy) is 5. The first-order valence-electron chi connectivity index (χ1n) is 11.8. The molecule has 0 unspecified atom stereocenters. The lowest BCUT2D eigenvalue weighted by atomic mass is 10.0. The first kappa shape index (κ1) is 28.5. The van der Waals surface area contributed by atoms with Crippen molar-refractivity contribution < 1.29 is 38.1 Å². The maximum absolute atomic E-state index is 12.2. The highest BCUT2D eigenvalue weighted by Crippen LogP contribution is 2.23. The second kappa shape index (κ2) is 14.0. The van der Waals surface area contributed by atoms with Gasteiger partial charge in [-0.05, 0) is 73.0 Å².